The number of rotatable bonds is 2. The van der Waals surface area contributed by atoms with Crippen LogP contribution in [0.3, 0.4) is 0 Å². The maximum atomic E-state index is 3.57. The Labute approximate surface area is 83.6 Å². The predicted octanol–water partition coefficient (Wildman–Crippen LogP) is 3.41. The Morgan fingerprint density at radius 1 is 1.07 bits per heavy atom. The van der Waals surface area contributed by atoms with Crippen molar-refractivity contribution in [3.63, 3.8) is 0 Å². The van der Waals surface area contributed by atoms with Crippen LogP contribution in [0.1, 0.15) is 0 Å². The smallest absolute Gasteiger partial charge is 0.0528 e. The van der Waals surface area contributed by atoms with Crippen molar-refractivity contribution in [2.24, 2.45) is 0 Å². The first-order chi connectivity index (χ1) is 6.92. The zero-order valence-electron chi connectivity index (χ0n) is 7.85. The molecule has 2 rings (SSSR count). The second-order valence-corrected chi connectivity index (χ2v) is 3.00. The Morgan fingerprint density at radius 3 is 2.57 bits per heavy atom. The number of benzene rings is 1. The van der Waals surface area contributed by atoms with Gasteiger partial charge in [-0.15, -0.1) is 5.73 Å². The molecular formula is C13H11N. The Balaban J connectivity index is 2.52. The van der Waals surface area contributed by atoms with Crippen LogP contribution in [0.5, 0.6) is 0 Å². The summed E-state index contributed by atoms with van der Waals surface area (Å²) in [5, 5.41) is 0. The second kappa shape index (κ2) is 3.82. The van der Waals surface area contributed by atoms with Crippen molar-refractivity contribution >= 4 is 6.20 Å². The number of aromatic nitrogens is 1. The first-order valence-corrected chi connectivity index (χ1v) is 4.50. The molecule has 0 unspecified atom stereocenters. The molecule has 0 N–H and O–H groups in total. The van der Waals surface area contributed by atoms with Crippen molar-refractivity contribution < 1.29 is 0 Å². The standard InChI is InChI=1S/C13H11N/c1-2-10-14-11-6-9-13(14)12-7-4-3-5-8-12/h3-11H,1H2. The summed E-state index contributed by atoms with van der Waals surface area (Å²) in [6, 6.07) is 14.3. The van der Waals surface area contributed by atoms with E-state index in [0.717, 1.165) is 5.69 Å². The van der Waals surface area contributed by atoms with Crippen molar-refractivity contribution in [3.8, 4) is 11.3 Å². The molecule has 0 amide bonds. The molecule has 0 spiro atoms. The Kier molecular flexibility index (Phi) is 2.35. The first-order valence-electron chi connectivity index (χ1n) is 4.50. The van der Waals surface area contributed by atoms with E-state index in [2.05, 4.69) is 30.5 Å². The molecule has 1 heterocycles. The van der Waals surface area contributed by atoms with E-state index in [4.69, 9.17) is 0 Å². The third-order valence-electron chi connectivity index (χ3n) is 2.08. The largest absolute Gasteiger partial charge is 0.316 e. The summed E-state index contributed by atoms with van der Waals surface area (Å²) < 4.78 is 2.00. The van der Waals surface area contributed by atoms with Gasteiger partial charge < -0.3 is 4.57 Å². The minimum absolute atomic E-state index is 1.15. The van der Waals surface area contributed by atoms with Crippen LogP contribution >= 0.6 is 0 Å². The molecule has 0 fully saturated rings. The molecule has 0 aliphatic heterocycles. The highest BCUT2D eigenvalue weighted by molar-refractivity contribution is 5.62. The first kappa shape index (κ1) is 8.61. The van der Waals surface area contributed by atoms with Crippen molar-refractivity contribution in [1.82, 2.24) is 4.57 Å². The summed E-state index contributed by atoms with van der Waals surface area (Å²) in [5.41, 5.74) is 5.12. The third-order valence-corrected chi connectivity index (χ3v) is 2.08. The van der Waals surface area contributed by atoms with Gasteiger partial charge in [0.05, 0.1) is 11.9 Å². The van der Waals surface area contributed by atoms with Gasteiger partial charge in [0, 0.05) is 6.20 Å². The van der Waals surface area contributed by atoms with Crippen LogP contribution in [0.15, 0.2) is 61.0 Å². The molecule has 0 radical (unpaired) electrons. The third kappa shape index (κ3) is 1.54. The van der Waals surface area contributed by atoms with E-state index in [1.807, 2.05) is 41.2 Å². The van der Waals surface area contributed by atoms with Crippen LogP contribution in [0, 0.1) is 0 Å². The highest BCUT2D eigenvalue weighted by Crippen LogP contribution is 2.19. The van der Waals surface area contributed by atoms with Gasteiger partial charge in [0.25, 0.3) is 0 Å². The van der Waals surface area contributed by atoms with E-state index < -0.39 is 0 Å². The van der Waals surface area contributed by atoms with Crippen LogP contribution in [0.2, 0.25) is 0 Å². The van der Waals surface area contributed by atoms with E-state index in [0.29, 0.717) is 0 Å². The van der Waals surface area contributed by atoms with Crippen molar-refractivity contribution in [3.05, 3.63) is 61.0 Å². The molecule has 0 aliphatic rings. The molecule has 14 heavy (non-hydrogen) atoms. The van der Waals surface area contributed by atoms with Gasteiger partial charge in [-0.05, 0) is 17.7 Å². The number of nitrogens with zero attached hydrogens (tertiary/aromatic N) is 1. The van der Waals surface area contributed by atoms with Gasteiger partial charge in [-0.1, -0.05) is 36.9 Å². The SMILES string of the molecule is C=C=Cn1cccc1-c1ccccc1. The van der Waals surface area contributed by atoms with Crippen LogP contribution in [-0.4, -0.2) is 4.57 Å². The van der Waals surface area contributed by atoms with Crippen LogP contribution in [0.25, 0.3) is 17.5 Å². The Hall–Kier alpha value is -1.98. The van der Waals surface area contributed by atoms with Gasteiger partial charge in [-0.25, -0.2) is 0 Å². The fourth-order valence-electron chi connectivity index (χ4n) is 1.46. The zero-order chi connectivity index (χ0) is 9.80. The maximum Gasteiger partial charge on any atom is 0.0528 e. The molecule has 0 saturated carbocycles. The van der Waals surface area contributed by atoms with Crippen molar-refractivity contribution in [1.29, 1.82) is 0 Å². The average Bonchev–Trinajstić information content (AvgIpc) is 2.68. The van der Waals surface area contributed by atoms with Gasteiger partial charge in [0.15, 0.2) is 0 Å². The quantitative estimate of drug-likeness (QED) is 0.626. The van der Waals surface area contributed by atoms with E-state index >= 15 is 0 Å². The fraction of sp³-hybridized carbons (Fsp3) is 0. The molecule has 1 aromatic heterocycles. The lowest BCUT2D eigenvalue weighted by atomic mass is 10.1. The molecule has 0 bridgehead atoms. The molecule has 1 aromatic carbocycles. The minimum atomic E-state index is 1.15. The van der Waals surface area contributed by atoms with Gasteiger partial charge >= 0.3 is 0 Å². The molecule has 1 heteroatoms. The second-order valence-electron chi connectivity index (χ2n) is 3.00. The summed E-state index contributed by atoms with van der Waals surface area (Å²) in [6.45, 7) is 3.57. The van der Waals surface area contributed by atoms with Gasteiger partial charge in [0.2, 0.25) is 0 Å². The van der Waals surface area contributed by atoms with Crippen LogP contribution in [0.4, 0.5) is 0 Å². The average molecular weight is 181 g/mol. The lowest BCUT2D eigenvalue weighted by Crippen LogP contribution is -1.86. The van der Waals surface area contributed by atoms with E-state index in [-0.39, 0.29) is 0 Å². The molecular weight excluding hydrogens is 170 g/mol. The molecule has 0 atom stereocenters. The lowest BCUT2D eigenvalue weighted by molar-refractivity contribution is 1.18. The zero-order valence-corrected chi connectivity index (χ0v) is 7.85. The molecule has 68 valence electrons. The van der Waals surface area contributed by atoms with Gasteiger partial charge in [0.1, 0.15) is 0 Å². The normalized spacial score (nSPS) is 9.43. The maximum absolute atomic E-state index is 3.57. The Bertz CT molecular complexity index is 459. The highest BCUT2D eigenvalue weighted by atomic mass is 14.9. The Morgan fingerprint density at radius 2 is 1.86 bits per heavy atom. The van der Waals surface area contributed by atoms with Crippen LogP contribution in [-0.2, 0) is 0 Å². The summed E-state index contributed by atoms with van der Waals surface area (Å²) >= 11 is 0. The van der Waals surface area contributed by atoms with Crippen molar-refractivity contribution in [2.75, 3.05) is 0 Å². The topological polar surface area (TPSA) is 4.93 Å². The molecule has 0 saturated heterocycles. The number of hydrogen-bond acceptors (Lipinski definition) is 0. The lowest BCUT2D eigenvalue weighted by Gasteiger charge is -2.02. The summed E-state index contributed by atoms with van der Waals surface area (Å²) in [7, 11) is 0. The van der Waals surface area contributed by atoms with Gasteiger partial charge in [-0.2, -0.15) is 0 Å². The summed E-state index contributed by atoms with van der Waals surface area (Å²) in [4.78, 5) is 0. The molecule has 1 nitrogen and oxygen atoms in total. The van der Waals surface area contributed by atoms with Gasteiger partial charge in [-0.3, -0.25) is 0 Å². The van der Waals surface area contributed by atoms with E-state index in [9.17, 15) is 0 Å². The summed E-state index contributed by atoms with van der Waals surface area (Å²) in [6.07, 6.45) is 3.81. The molecule has 0 aliphatic carbocycles. The van der Waals surface area contributed by atoms with E-state index in [1.165, 1.54) is 5.56 Å². The van der Waals surface area contributed by atoms with Crippen molar-refractivity contribution in [2.45, 2.75) is 0 Å². The molecule has 2 aromatic rings. The van der Waals surface area contributed by atoms with E-state index in [1.54, 1.807) is 0 Å². The minimum Gasteiger partial charge on any atom is -0.316 e. The predicted molar refractivity (Wildman–Crippen MR) is 59.8 cm³/mol. The number of hydrogen-bond donors (Lipinski definition) is 0. The highest BCUT2D eigenvalue weighted by Gasteiger charge is 1.99. The monoisotopic (exact) mass is 181 g/mol. The fourth-order valence-corrected chi connectivity index (χ4v) is 1.46. The van der Waals surface area contributed by atoms with Crippen LogP contribution < -0.4 is 0 Å². The summed E-state index contributed by atoms with van der Waals surface area (Å²) in [5.74, 6) is 0.